The molecule has 0 spiro atoms. The van der Waals surface area contributed by atoms with Crippen LogP contribution in [-0.2, 0) is 9.53 Å². The molecule has 7 heteroatoms. The highest BCUT2D eigenvalue weighted by Gasteiger charge is 2.23. The standard InChI is InChI=1S/C24H18N2O5/c1-15(23(27)25-18-9-6-10-19(14-18)26(29)30)31-24(28)22-20-11-4-2-7-16(20)13-17-8-3-5-12-21(17)22/h2-15H,1H3,(H,25,27). The molecule has 0 saturated heterocycles. The molecule has 1 N–H and O–H groups in total. The minimum atomic E-state index is -1.11. The van der Waals surface area contributed by atoms with Crippen LogP contribution in [-0.4, -0.2) is 22.9 Å². The van der Waals surface area contributed by atoms with E-state index in [1.807, 2.05) is 54.6 Å². The summed E-state index contributed by atoms with van der Waals surface area (Å²) in [6.45, 7) is 1.46. The van der Waals surface area contributed by atoms with Gasteiger partial charge < -0.3 is 10.1 Å². The number of ether oxygens (including phenoxy) is 1. The predicted molar refractivity (Wildman–Crippen MR) is 118 cm³/mol. The summed E-state index contributed by atoms with van der Waals surface area (Å²) in [5.41, 5.74) is 0.492. The van der Waals surface area contributed by atoms with E-state index in [0.717, 1.165) is 21.5 Å². The summed E-state index contributed by atoms with van der Waals surface area (Å²) in [6, 6.07) is 22.5. The third kappa shape index (κ3) is 4.06. The Morgan fingerprint density at radius 1 is 0.903 bits per heavy atom. The van der Waals surface area contributed by atoms with E-state index in [1.165, 1.54) is 31.2 Å². The number of non-ortho nitro benzene ring substituents is 1. The van der Waals surface area contributed by atoms with Crippen molar-refractivity contribution in [2.24, 2.45) is 0 Å². The molecule has 4 aromatic carbocycles. The zero-order valence-corrected chi connectivity index (χ0v) is 16.6. The summed E-state index contributed by atoms with van der Waals surface area (Å²) < 4.78 is 5.48. The molecule has 0 fully saturated rings. The van der Waals surface area contributed by atoms with E-state index in [4.69, 9.17) is 4.74 Å². The van der Waals surface area contributed by atoms with Crippen LogP contribution in [0.2, 0.25) is 0 Å². The molecule has 7 nitrogen and oxygen atoms in total. The molecule has 0 aromatic heterocycles. The van der Waals surface area contributed by atoms with Crippen LogP contribution >= 0.6 is 0 Å². The molecule has 154 valence electrons. The lowest BCUT2D eigenvalue weighted by Gasteiger charge is -2.16. The van der Waals surface area contributed by atoms with Gasteiger partial charge in [0.25, 0.3) is 11.6 Å². The van der Waals surface area contributed by atoms with Crippen LogP contribution in [0.1, 0.15) is 17.3 Å². The highest BCUT2D eigenvalue weighted by atomic mass is 16.6. The number of anilines is 1. The summed E-state index contributed by atoms with van der Waals surface area (Å²) in [7, 11) is 0. The molecule has 0 heterocycles. The number of amides is 1. The van der Waals surface area contributed by atoms with Crippen molar-refractivity contribution in [2.75, 3.05) is 5.32 Å². The third-order valence-electron chi connectivity index (χ3n) is 4.95. The summed E-state index contributed by atoms with van der Waals surface area (Å²) >= 11 is 0. The normalized spacial score (nSPS) is 11.8. The molecule has 0 aliphatic rings. The van der Waals surface area contributed by atoms with Crippen molar-refractivity contribution in [3.63, 3.8) is 0 Å². The first-order valence-corrected chi connectivity index (χ1v) is 9.61. The first kappa shape index (κ1) is 20.0. The van der Waals surface area contributed by atoms with Crippen molar-refractivity contribution < 1.29 is 19.2 Å². The molecule has 1 unspecified atom stereocenters. The number of hydrogen-bond acceptors (Lipinski definition) is 5. The van der Waals surface area contributed by atoms with Crippen LogP contribution in [0.15, 0.2) is 78.9 Å². The zero-order valence-electron chi connectivity index (χ0n) is 16.6. The number of rotatable bonds is 5. The van der Waals surface area contributed by atoms with Crippen LogP contribution < -0.4 is 5.32 Å². The van der Waals surface area contributed by atoms with Gasteiger partial charge in [-0.05, 0) is 40.6 Å². The molecule has 0 saturated carbocycles. The topological polar surface area (TPSA) is 98.5 Å². The number of nitro groups is 1. The minimum Gasteiger partial charge on any atom is -0.449 e. The first-order valence-electron chi connectivity index (χ1n) is 9.61. The molecule has 4 rings (SSSR count). The van der Waals surface area contributed by atoms with Crippen LogP contribution in [0.3, 0.4) is 0 Å². The molecule has 1 atom stereocenters. The molecule has 0 aliphatic carbocycles. The highest BCUT2D eigenvalue weighted by Crippen LogP contribution is 2.29. The van der Waals surface area contributed by atoms with Crippen molar-refractivity contribution in [3.8, 4) is 0 Å². The lowest BCUT2D eigenvalue weighted by Crippen LogP contribution is -2.30. The Hall–Kier alpha value is -4.26. The van der Waals surface area contributed by atoms with E-state index in [-0.39, 0.29) is 11.4 Å². The van der Waals surface area contributed by atoms with Gasteiger partial charge in [-0.15, -0.1) is 0 Å². The van der Waals surface area contributed by atoms with Crippen molar-refractivity contribution >= 4 is 44.8 Å². The number of hydrogen-bond donors (Lipinski definition) is 1. The quantitative estimate of drug-likeness (QED) is 0.212. The average molecular weight is 414 g/mol. The summed E-state index contributed by atoms with van der Waals surface area (Å²) in [5.74, 6) is -1.20. The Kier molecular flexibility index (Phi) is 5.32. The Balaban J connectivity index is 1.60. The fourth-order valence-electron chi connectivity index (χ4n) is 3.45. The fraction of sp³-hybridized carbons (Fsp3) is 0.0833. The van der Waals surface area contributed by atoms with Crippen molar-refractivity contribution in [1.29, 1.82) is 0 Å². The molecule has 0 aliphatic heterocycles. The number of nitro benzene ring substituents is 1. The Morgan fingerprint density at radius 3 is 2.13 bits per heavy atom. The lowest BCUT2D eigenvalue weighted by atomic mass is 9.97. The van der Waals surface area contributed by atoms with Gasteiger partial charge in [-0.1, -0.05) is 54.6 Å². The number of benzene rings is 4. The predicted octanol–water partition coefficient (Wildman–Crippen LogP) is 5.09. The summed E-state index contributed by atoms with van der Waals surface area (Å²) in [4.78, 5) is 36.0. The van der Waals surface area contributed by atoms with Gasteiger partial charge in [0.05, 0.1) is 10.5 Å². The lowest BCUT2D eigenvalue weighted by molar-refractivity contribution is -0.384. The number of nitrogens with zero attached hydrogens (tertiary/aromatic N) is 1. The van der Waals surface area contributed by atoms with E-state index < -0.39 is 22.9 Å². The second-order valence-corrected chi connectivity index (χ2v) is 7.04. The number of fused-ring (bicyclic) bond motifs is 2. The van der Waals surface area contributed by atoms with Gasteiger partial charge in [-0.3, -0.25) is 14.9 Å². The van der Waals surface area contributed by atoms with Crippen LogP contribution in [0.5, 0.6) is 0 Å². The number of nitrogens with one attached hydrogen (secondary N) is 1. The maximum atomic E-state index is 13.1. The van der Waals surface area contributed by atoms with Gasteiger partial charge in [-0.25, -0.2) is 4.79 Å². The van der Waals surface area contributed by atoms with E-state index >= 15 is 0 Å². The van der Waals surface area contributed by atoms with Gasteiger partial charge in [0.15, 0.2) is 6.10 Å². The van der Waals surface area contributed by atoms with E-state index in [1.54, 1.807) is 0 Å². The average Bonchev–Trinajstić information content (AvgIpc) is 2.77. The van der Waals surface area contributed by atoms with Crippen molar-refractivity contribution in [1.82, 2.24) is 0 Å². The molecular weight excluding hydrogens is 396 g/mol. The molecule has 4 aromatic rings. The van der Waals surface area contributed by atoms with Crippen molar-refractivity contribution in [2.45, 2.75) is 13.0 Å². The van der Waals surface area contributed by atoms with Crippen LogP contribution in [0.4, 0.5) is 11.4 Å². The SMILES string of the molecule is CC(OC(=O)c1c2ccccc2cc2ccccc12)C(=O)Nc1cccc([N+](=O)[O-])c1. The van der Waals surface area contributed by atoms with Crippen LogP contribution in [0.25, 0.3) is 21.5 Å². The molecular formula is C24H18N2O5. The number of carbonyl (C=O) groups excluding carboxylic acids is 2. The minimum absolute atomic E-state index is 0.148. The Bertz CT molecular complexity index is 1280. The number of carbonyl (C=O) groups is 2. The highest BCUT2D eigenvalue weighted by molar-refractivity contribution is 6.17. The first-order chi connectivity index (χ1) is 14.9. The second kappa shape index (κ2) is 8.23. The van der Waals surface area contributed by atoms with E-state index in [9.17, 15) is 19.7 Å². The van der Waals surface area contributed by atoms with Gasteiger partial charge in [0.2, 0.25) is 0 Å². The Morgan fingerprint density at radius 2 is 1.52 bits per heavy atom. The molecule has 0 bridgehead atoms. The third-order valence-corrected chi connectivity index (χ3v) is 4.95. The van der Waals surface area contributed by atoms with Gasteiger partial charge in [0.1, 0.15) is 0 Å². The Labute approximate surface area is 177 Å². The summed E-state index contributed by atoms with van der Waals surface area (Å²) in [6.07, 6.45) is -1.11. The molecule has 0 radical (unpaired) electrons. The van der Waals surface area contributed by atoms with Gasteiger partial charge in [0, 0.05) is 17.8 Å². The van der Waals surface area contributed by atoms with E-state index in [0.29, 0.717) is 5.56 Å². The van der Waals surface area contributed by atoms with Gasteiger partial charge in [-0.2, -0.15) is 0 Å². The number of esters is 1. The largest absolute Gasteiger partial charge is 0.449 e. The maximum absolute atomic E-state index is 13.1. The fourth-order valence-corrected chi connectivity index (χ4v) is 3.45. The zero-order chi connectivity index (χ0) is 22.0. The van der Waals surface area contributed by atoms with E-state index in [2.05, 4.69) is 5.32 Å². The van der Waals surface area contributed by atoms with Gasteiger partial charge >= 0.3 is 5.97 Å². The summed E-state index contributed by atoms with van der Waals surface area (Å²) in [5, 5.41) is 16.7. The van der Waals surface area contributed by atoms with Crippen LogP contribution in [0, 0.1) is 10.1 Å². The smallest absolute Gasteiger partial charge is 0.340 e. The molecule has 1 amide bonds. The van der Waals surface area contributed by atoms with Crippen molar-refractivity contribution in [3.05, 3.63) is 94.5 Å². The maximum Gasteiger partial charge on any atom is 0.340 e. The second-order valence-electron chi connectivity index (χ2n) is 7.04. The molecule has 31 heavy (non-hydrogen) atoms. The monoisotopic (exact) mass is 414 g/mol.